The molecule has 1 aliphatic rings. The highest BCUT2D eigenvalue weighted by Crippen LogP contribution is 2.25. The van der Waals surface area contributed by atoms with Crippen molar-refractivity contribution in [2.24, 2.45) is 0 Å². The van der Waals surface area contributed by atoms with E-state index in [2.05, 4.69) is 5.92 Å². The molecule has 1 saturated heterocycles. The van der Waals surface area contributed by atoms with Crippen LogP contribution in [0.25, 0.3) is 0 Å². The van der Waals surface area contributed by atoms with E-state index in [1.807, 2.05) is 30.3 Å². The maximum absolute atomic E-state index is 12.0. The van der Waals surface area contributed by atoms with Crippen molar-refractivity contribution in [3.63, 3.8) is 0 Å². The van der Waals surface area contributed by atoms with Crippen molar-refractivity contribution in [3.05, 3.63) is 35.9 Å². The second-order valence-electron chi connectivity index (χ2n) is 5.01. The normalized spacial score (nSPS) is 19.2. The van der Waals surface area contributed by atoms with Crippen molar-refractivity contribution in [2.75, 3.05) is 12.8 Å². The zero-order valence-electron chi connectivity index (χ0n) is 11.7. The molecule has 1 aromatic rings. The van der Waals surface area contributed by atoms with E-state index in [0.29, 0.717) is 13.0 Å². The maximum Gasteiger partial charge on any atom is 0.410 e. The van der Waals surface area contributed by atoms with Crippen molar-refractivity contribution in [2.45, 2.75) is 24.3 Å². The summed E-state index contributed by atoms with van der Waals surface area (Å²) in [7, 11) is -3.39. The largest absolute Gasteiger partial charge is 0.445 e. The second kappa shape index (κ2) is 6.19. The Hall–Kier alpha value is -2.00. The third kappa shape index (κ3) is 3.56. The molecule has 112 valence electrons. The van der Waals surface area contributed by atoms with Crippen molar-refractivity contribution >= 4 is 15.9 Å². The average Bonchev–Trinajstić information content (AvgIpc) is 2.41. The Labute approximate surface area is 124 Å². The summed E-state index contributed by atoms with van der Waals surface area (Å²) < 4.78 is 28.4. The molecule has 0 spiro atoms. The van der Waals surface area contributed by atoms with Crippen molar-refractivity contribution < 1.29 is 17.9 Å². The first-order valence-electron chi connectivity index (χ1n) is 6.56. The molecule has 0 bridgehead atoms. The van der Waals surface area contributed by atoms with Crippen LogP contribution in [0.2, 0.25) is 0 Å². The predicted molar refractivity (Wildman–Crippen MR) is 79.2 cm³/mol. The Morgan fingerprint density at radius 3 is 2.62 bits per heavy atom. The van der Waals surface area contributed by atoms with Gasteiger partial charge < -0.3 is 9.64 Å². The van der Waals surface area contributed by atoms with Gasteiger partial charge in [0.1, 0.15) is 11.9 Å². The number of carbonyl (C=O) groups is 1. The van der Waals surface area contributed by atoms with Crippen LogP contribution in [0.5, 0.6) is 0 Å². The van der Waals surface area contributed by atoms with Gasteiger partial charge in [-0.3, -0.25) is 0 Å². The first-order chi connectivity index (χ1) is 9.93. The number of hydrogen-bond donors (Lipinski definition) is 0. The summed E-state index contributed by atoms with van der Waals surface area (Å²) in [5.74, 6) is 2.27. The van der Waals surface area contributed by atoms with Gasteiger partial charge in [-0.15, -0.1) is 6.42 Å². The van der Waals surface area contributed by atoms with Gasteiger partial charge in [0.15, 0.2) is 9.84 Å². The van der Waals surface area contributed by atoms with Crippen LogP contribution in [-0.2, 0) is 21.2 Å². The van der Waals surface area contributed by atoms with Crippen LogP contribution >= 0.6 is 0 Å². The Morgan fingerprint density at radius 2 is 2.14 bits per heavy atom. The molecule has 0 aliphatic carbocycles. The number of rotatable bonds is 4. The number of amides is 1. The number of hydrogen-bond acceptors (Lipinski definition) is 4. The van der Waals surface area contributed by atoms with E-state index < -0.39 is 27.2 Å². The number of ether oxygens (including phenoxy) is 1. The Balaban J connectivity index is 1.96. The van der Waals surface area contributed by atoms with Gasteiger partial charge in [0.2, 0.25) is 0 Å². The van der Waals surface area contributed by atoms with Crippen molar-refractivity contribution in [1.29, 1.82) is 0 Å². The highest BCUT2D eigenvalue weighted by Gasteiger charge is 2.42. The molecule has 1 heterocycles. The Kier molecular flexibility index (Phi) is 4.53. The van der Waals surface area contributed by atoms with Gasteiger partial charge in [0, 0.05) is 12.8 Å². The van der Waals surface area contributed by atoms with Gasteiger partial charge in [-0.25, -0.2) is 13.2 Å². The molecule has 1 fully saturated rings. The molecular weight excluding hydrogens is 290 g/mol. The first-order valence-corrected chi connectivity index (χ1v) is 8.51. The van der Waals surface area contributed by atoms with E-state index in [0.717, 1.165) is 11.8 Å². The third-order valence-electron chi connectivity index (χ3n) is 3.48. The van der Waals surface area contributed by atoms with Crippen molar-refractivity contribution in [1.82, 2.24) is 4.90 Å². The summed E-state index contributed by atoms with van der Waals surface area (Å²) in [5, 5.41) is -0.976. The van der Waals surface area contributed by atoms with Gasteiger partial charge in [-0.05, 0) is 12.0 Å². The highest BCUT2D eigenvalue weighted by atomic mass is 32.2. The fourth-order valence-corrected chi connectivity index (χ4v) is 3.37. The lowest BCUT2D eigenvalue weighted by atomic mass is 10.0. The summed E-state index contributed by atoms with van der Waals surface area (Å²) in [4.78, 5) is 13.4. The summed E-state index contributed by atoms with van der Waals surface area (Å²) in [6.45, 7) is 0.620. The summed E-state index contributed by atoms with van der Waals surface area (Å²) in [5.41, 5.74) is 0.875. The fourth-order valence-electron chi connectivity index (χ4n) is 2.27. The van der Waals surface area contributed by atoms with Crippen LogP contribution in [0.15, 0.2) is 30.3 Å². The van der Waals surface area contributed by atoms with Gasteiger partial charge in [-0.2, -0.15) is 0 Å². The predicted octanol–water partition coefficient (Wildman–Crippen LogP) is 1.44. The van der Waals surface area contributed by atoms with Gasteiger partial charge in [0.25, 0.3) is 0 Å². The molecule has 2 rings (SSSR count). The molecule has 2 unspecified atom stereocenters. The van der Waals surface area contributed by atoms with Crippen LogP contribution in [0, 0.1) is 12.3 Å². The topological polar surface area (TPSA) is 63.7 Å². The smallest absolute Gasteiger partial charge is 0.410 e. The zero-order chi connectivity index (χ0) is 15.5. The van der Waals surface area contributed by atoms with E-state index in [4.69, 9.17) is 11.2 Å². The Morgan fingerprint density at radius 1 is 1.48 bits per heavy atom. The summed E-state index contributed by atoms with van der Waals surface area (Å²) in [6, 6.07) is 8.79. The number of nitrogens with zero attached hydrogens (tertiary/aromatic N) is 1. The van der Waals surface area contributed by atoms with Crippen LogP contribution in [-0.4, -0.2) is 43.5 Å². The SMILES string of the molecule is C#CC(C1CCN1C(=O)OCc1ccccc1)S(C)(=O)=O. The molecule has 0 aromatic heterocycles. The van der Waals surface area contributed by atoms with Crippen molar-refractivity contribution in [3.8, 4) is 12.3 Å². The molecule has 0 saturated carbocycles. The second-order valence-corrected chi connectivity index (χ2v) is 7.17. The highest BCUT2D eigenvalue weighted by molar-refractivity contribution is 7.91. The Bertz CT molecular complexity index is 648. The number of likely N-dealkylation sites (tertiary alicyclic amines) is 1. The van der Waals surface area contributed by atoms with Crippen LogP contribution in [0.1, 0.15) is 12.0 Å². The minimum Gasteiger partial charge on any atom is -0.445 e. The van der Waals surface area contributed by atoms with E-state index in [9.17, 15) is 13.2 Å². The maximum atomic E-state index is 12.0. The van der Waals surface area contributed by atoms with E-state index in [1.165, 1.54) is 4.90 Å². The monoisotopic (exact) mass is 307 g/mol. The van der Waals surface area contributed by atoms with Crippen LogP contribution < -0.4 is 0 Å². The zero-order valence-corrected chi connectivity index (χ0v) is 12.5. The number of sulfone groups is 1. The number of terminal acetylenes is 1. The van der Waals surface area contributed by atoms with Crippen LogP contribution in [0.3, 0.4) is 0 Å². The fraction of sp³-hybridized carbons (Fsp3) is 0.400. The molecule has 2 atom stereocenters. The van der Waals surface area contributed by atoms with Gasteiger partial charge in [-0.1, -0.05) is 36.3 Å². The summed E-state index contributed by atoms with van der Waals surface area (Å²) in [6.07, 6.45) is 6.42. The minimum absolute atomic E-state index is 0.155. The molecule has 0 radical (unpaired) electrons. The van der Waals surface area contributed by atoms with E-state index in [1.54, 1.807) is 0 Å². The third-order valence-corrected chi connectivity index (χ3v) is 4.85. The van der Waals surface area contributed by atoms with Crippen LogP contribution in [0.4, 0.5) is 4.79 Å². The molecule has 6 heteroatoms. The van der Waals surface area contributed by atoms with E-state index >= 15 is 0 Å². The van der Waals surface area contributed by atoms with Gasteiger partial charge >= 0.3 is 6.09 Å². The van der Waals surface area contributed by atoms with Gasteiger partial charge in [0.05, 0.1) is 6.04 Å². The quantitative estimate of drug-likeness (QED) is 0.790. The lowest BCUT2D eigenvalue weighted by molar-refractivity contribution is 0.0463. The minimum atomic E-state index is -3.39. The molecule has 21 heavy (non-hydrogen) atoms. The molecule has 0 N–H and O–H groups in total. The molecule has 1 amide bonds. The summed E-state index contributed by atoms with van der Waals surface area (Å²) >= 11 is 0. The molecule has 1 aliphatic heterocycles. The standard InChI is InChI=1S/C15H17NO4S/c1-3-14(21(2,18)19)13-9-10-16(13)15(17)20-11-12-7-5-4-6-8-12/h1,4-8,13-14H,9-11H2,2H3. The lowest BCUT2D eigenvalue weighted by Gasteiger charge is -2.42. The average molecular weight is 307 g/mol. The lowest BCUT2D eigenvalue weighted by Crippen LogP contribution is -2.58. The van der Waals surface area contributed by atoms with E-state index in [-0.39, 0.29) is 6.61 Å². The molecule has 1 aromatic carbocycles. The number of benzene rings is 1. The first kappa shape index (κ1) is 15.4. The molecule has 5 nitrogen and oxygen atoms in total. The molecular formula is C15H17NO4S. The number of carbonyl (C=O) groups excluding carboxylic acids is 1.